The van der Waals surface area contributed by atoms with E-state index >= 15 is 0 Å². The molecule has 0 fully saturated rings. The third-order valence-corrected chi connectivity index (χ3v) is 3.11. The van der Waals surface area contributed by atoms with Crippen LogP contribution in [0.5, 0.6) is 0 Å². The van der Waals surface area contributed by atoms with E-state index in [0.717, 1.165) is 10.4 Å². The predicted molar refractivity (Wildman–Crippen MR) is 67.3 cm³/mol. The van der Waals surface area contributed by atoms with Gasteiger partial charge in [0, 0.05) is 28.9 Å². The number of nitrogens with two attached hydrogens (primary N) is 1. The Hall–Kier alpha value is -1.03. The molecule has 0 amide bonds. The Balaban J connectivity index is 2.44. The van der Waals surface area contributed by atoms with Gasteiger partial charge < -0.3 is 10.6 Å². The van der Waals surface area contributed by atoms with Gasteiger partial charge in [-0.2, -0.15) is 13.2 Å². The van der Waals surface area contributed by atoms with E-state index in [0.29, 0.717) is 13.1 Å². The zero-order valence-corrected chi connectivity index (χ0v) is 10.9. The van der Waals surface area contributed by atoms with E-state index in [-0.39, 0.29) is 6.54 Å². The minimum Gasteiger partial charge on any atom is -0.320 e. The van der Waals surface area contributed by atoms with Crippen molar-refractivity contribution in [2.24, 2.45) is 5.73 Å². The summed E-state index contributed by atoms with van der Waals surface area (Å²) in [6, 6.07) is 1.89. The highest BCUT2D eigenvalue weighted by Crippen LogP contribution is 2.21. The molecule has 1 aromatic rings. The second-order valence-corrected chi connectivity index (χ2v) is 4.91. The minimum atomic E-state index is -4.10. The summed E-state index contributed by atoms with van der Waals surface area (Å²) in [5.41, 5.74) is 6.12. The van der Waals surface area contributed by atoms with Gasteiger partial charge in [0.1, 0.15) is 0 Å². The van der Waals surface area contributed by atoms with E-state index in [2.05, 4.69) is 11.8 Å². The Morgan fingerprint density at radius 2 is 2.17 bits per heavy atom. The quantitative estimate of drug-likeness (QED) is 0.856. The molecule has 0 aliphatic rings. The fourth-order valence-electron chi connectivity index (χ4n) is 1.34. The fourth-order valence-corrected chi connectivity index (χ4v) is 2.24. The smallest absolute Gasteiger partial charge is 0.320 e. The molecule has 0 saturated carbocycles. The fraction of sp³-hybridized carbons (Fsp3) is 0.500. The molecule has 1 aromatic heterocycles. The molecular formula is C12H15F3N2S. The van der Waals surface area contributed by atoms with Crippen molar-refractivity contribution in [2.45, 2.75) is 19.1 Å². The summed E-state index contributed by atoms with van der Waals surface area (Å²) in [5, 5.41) is 1.88. The van der Waals surface area contributed by atoms with Crippen molar-refractivity contribution >= 4 is 11.3 Å². The number of thiophene rings is 1. The van der Waals surface area contributed by atoms with Crippen LogP contribution in [0.1, 0.15) is 16.9 Å². The van der Waals surface area contributed by atoms with Crippen molar-refractivity contribution in [1.29, 1.82) is 0 Å². The lowest BCUT2D eigenvalue weighted by molar-refractivity contribution is -0.137. The SMILES string of the molecule is CN(CCC(F)(F)F)Cc1cc(C#CCN)cs1. The van der Waals surface area contributed by atoms with Crippen LogP contribution in [0.4, 0.5) is 13.2 Å². The van der Waals surface area contributed by atoms with E-state index in [1.807, 2.05) is 11.4 Å². The zero-order valence-electron chi connectivity index (χ0n) is 10.0. The Labute approximate surface area is 109 Å². The van der Waals surface area contributed by atoms with Crippen molar-refractivity contribution < 1.29 is 13.2 Å². The molecule has 0 bridgehead atoms. The lowest BCUT2D eigenvalue weighted by Crippen LogP contribution is -2.23. The number of rotatable bonds is 4. The molecule has 0 spiro atoms. The van der Waals surface area contributed by atoms with Crippen molar-refractivity contribution in [2.75, 3.05) is 20.1 Å². The van der Waals surface area contributed by atoms with Crippen LogP contribution in [-0.2, 0) is 6.54 Å². The van der Waals surface area contributed by atoms with Gasteiger partial charge in [0.2, 0.25) is 0 Å². The summed E-state index contributed by atoms with van der Waals surface area (Å²) >= 11 is 1.50. The van der Waals surface area contributed by atoms with Crippen molar-refractivity contribution in [3.05, 3.63) is 21.9 Å². The first-order chi connectivity index (χ1) is 8.40. The van der Waals surface area contributed by atoms with Gasteiger partial charge in [0.25, 0.3) is 0 Å². The molecule has 0 aliphatic heterocycles. The average Bonchev–Trinajstić information content (AvgIpc) is 2.70. The third-order valence-electron chi connectivity index (χ3n) is 2.19. The van der Waals surface area contributed by atoms with Crippen LogP contribution in [0.3, 0.4) is 0 Å². The van der Waals surface area contributed by atoms with E-state index < -0.39 is 12.6 Å². The summed E-state index contributed by atoms with van der Waals surface area (Å²) in [7, 11) is 1.68. The number of hydrogen-bond donors (Lipinski definition) is 1. The topological polar surface area (TPSA) is 29.3 Å². The molecule has 0 saturated heterocycles. The van der Waals surface area contributed by atoms with Crippen molar-refractivity contribution in [1.82, 2.24) is 4.90 Å². The maximum atomic E-state index is 12.0. The molecule has 0 unspecified atom stereocenters. The van der Waals surface area contributed by atoms with E-state index in [4.69, 9.17) is 5.73 Å². The van der Waals surface area contributed by atoms with Crippen molar-refractivity contribution in [3.8, 4) is 11.8 Å². The standard InChI is InChI=1S/C12H15F3N2S/c1-17(6-4-12(13,14)15)8-11-7-10(9-18-11)3-2-5-16/h7,9H,4-6,8,16H2,1H3. The summed E-state index contributed by atoms with van der Waals surface area (Å²) in [6.07, 6.45) is -4.88. The first-order valence-corrected chi connectivity index (χ1v) is 6.30. The minimum absolute atomic E-state index is 0.00517. The lowest BCUT2D eigenvalue weighted by Gasteiger charge is -2.16. The zero-order chi connectivity index (χ0) is 13.6. The van der Waals surface area contributed by atoms with Gasteiger partial charge in [-0.05, 0) is 13.1 Å². The highest BCUT2D eigenvalue weighted by atomic mass is 32.1. The summed E-state index contributed by atoms with van der Waals surface area (Å²) in [4.78, 5) is 2.65. The van der Waals surface area contributed by atoms with Gasteiger partial charge in [-0.15, -0.1) is 11.3 Å². The molecule has 100 valence electrons. The molecule has 0 aromatic carbocycles. The number of hydrogen-bond acceptors (Lipinski definition) is 3. The van der Waals surface area contributed by atoms with Gasteiger partial charge in [-0.25, -0.2) is 0 Å². The van der Waals surface area contributed by atoms with E-state index in [1.165, 1.54) is 11.3 Å². The molecule has 2 nitrogen and oxygen atoms in total. The number of halogens is 3. The second kappa shape index (κ2) is 6.78. The third kappa shape index (κ3) is 6.05. The van der Waals surface area contributed by atoms with Gasteiger partial charge >= 0.3 is 6.18 Å². The van der Waals surface area contributed by atoms with Crippen LogP contribution in [0.2, 0.25) is 0 Å². The van der Waals surface area contributed by atoms with Crippen LogP contribution >= 0.6 is 11.3 Å². The molecule has 1 rings (SSSR count). The molecule has 18 heavy (non-hydrogen) atoms. The van der Waals surface area contributed by atoms with Gasteiger partial charge in [-0.3, -0.25) is 0 Å². The highest BCUT2D eigenvalue weighted by Gasteiger charge is 2.27. The summed E-state index contributed by atoms with van der Waals surface area (Å²) < 4.78 is 36.1. The maximum absolute atomic E-state index is 12.0. The summed E-state index contributed by atoms with van der Waals surface area (Å²) in [6.45, 7) is 0.812. The molecular weight excluding hydrogens is 261 g/mol. The Morgan fingerprint density at radius 3 is 2.78 bits per heavy atom. The van der Waals surface area contributed by atoms with Crippen LogP contribution in [0.15, 0.2) is 11.4 Å². The Bertz CT molecular complexity index is 429. The van der Waals surface area contributed by atoms with E-state index in [9.17, 15) is 13.2 Å². The second-order valence-electron chi connectivity index (χ2n) is 3.91. The van der Waals surface area contributed by atoms with Crippen LogP contribution < -0.4 is 5.73 Å². The first kappa shape index (κ1) is 15.0. The van der Waals surface area contributed by atoms with Crippen LogP contribution in [0.25, 0.3) is 0 Å². The van der Waals surface area contributed by atoms with Gasteiger partial charge in [0.15, 0.2) is 0 Å². The maximum Gasteiger partial charge on any atom is 0.390 e. The molecule has 6 heteroatoms. The molecule has 0 radical (unpaired) electrons. The molecule has 0 aliphatic carbocycles. The Kier molecular flexibility index (Phi) is 5.66. The highest BCUT2D eigenvalue weighted by molar-refractivity contribution is 7.10. The molecule has 2 N–H and O–H groups in total. The van der Waals surface area contributed by atoms with Gasteiger partial charge in [-0.1, -0.05) is 11.8 Å². The largest absolute Gasteiger partial charge is 0.390 e. The first-order valence-electron chi connectivity index (χ1n) is 5.42. The molecule has 0 atom stereocenters. The average molecular weight is 276 g/mol. The summed E-state index contributed by atoms with van der Waals surface area (Å²) in [5.74, 6) is 5.63. The Morgan fingerprint density at radius 1 is 1.44 bits per heavy atom. The monoisotopic (exact) mass is 276 g/mol. The normalized spacial score (nSPS) is 11.4. The van der Waals surface area contributed by atoms with Gasteiger partial charge in [0.05, 0.1) is 13.0 Å². The lowest BCUT2D eigenvalue weighted by atomic mass is 10.3. The van der Waals surface area contributed by atoms with E-state index in [1.54, 1.807) is 11.9 Å². The van der Waals surface area contributed by atoms with Crippen LogP contribution in [0, 0.1) is 11.8 Å². The van der Waals surface area contributed by atoms with Crippen LogP contribution in [-0.4, -0.2) is 31.2 Å². The number of alkyl halides is 3. The van der Waals surface area contributed by atoms with Crippen molar-refractivity contribution in [3.63, 3.8) is 0 Å². The number of nitrogens with zero attached hydrogens (tertiary/aromatic N) is 1. The predicted octanol–water partition coefficient (Wildman–Crippen LogP) is 2.44. The molecule has 1 heterocycles.